The van der Waals surface area contributed by atoms with Crippen molar-refractivity contribution >= 4 is 23.0 Å². The molecule has 2 heterocycles. The molecule has 2 aromatic heterocycles. The predicted octanol–water partition coefficient (Wildman–Crippen LogP) is 3.42. The van der Waals surface area contributed by atoms with Gasteiger partial charge in [-0.2, -0.15) is 0 Å². The van der Waals surface area contributed by atoms with Gasteiger partial charge in [-0.05, 0) is 25.8 Å². The van der Waals surface area contributed by atoms with Crippen LogP contribution in [0.3, 0.4) is 0 Å². The number of pyridine rings is 1. The third kappa shape index (κ3) is 4.59. The molecule has 8 nitrogen and oxygen atoms in total. The van der Waals surface area contributed by atoms with Crippen molar-refractivity contribution in [2.24, 2.45) is 0 Å². The Labute approximate surface area is 180 Å². The van der Waals surface area contributed by atoms with Crippen LogP contribution in [0, 0.1) is 0 Å². The van der Waals surface area contributed by atoms with Gasteiger partial charge in [0, 0.05) is 30.8 Å². The molecule has 4 rings (SSSR count). The smallest absolute Gasteiger partial charge is 0.325 e. The average molecular weight is 423 g/mol. The molecule has 1 aliphatic carbocycles. The number of ether oxygens (including phenoxy) is 2. The van der Waals surface area contributed by atoms with Crippen LogP contribution in [0.2, 0.25) is 0 Å². The monoisotopic (exact) mass is 423 g/mol. The van der Waals surface area contributed by atoms with Crippen molar-refractivity contribution in [1.82, 2.24) is 15.0 Å². The molecule has 1 amide bonds. The van der Waals surface area contributed by atoms with Crippen LogP contribution < -0.4 is 0 Å². The molecular weight excluding hydrogens is 398 g/mol. The number of rotatable bonds is 9. The molecule has 0 aliphatic heterocycles. The van der Waals surface area contributed by atoms with E-state index in [0.29, 0.717) is 34.9 Å². The van der Waals surface area contributed by atoms with Crippen LogP contribution in [0.1, 0.15) is 41.7 Å². The first-order chi connectivity index (χ1) is 15.1. The summed E-state index contributed by atoms with van der Waals surface area (Å²) in [5.41, 5.74) is 2.94. The predicted molar refractivity (Wildman–Crippen MR) is 114 cm³/mol. The highest BCUT2D eigenvalue weighted by Crippen LogP contribution is 2.41. The van der Waals surface area contributed by atoms with Gasteiger partial charge in [-0.1, -0.05) is 35.5 Å². The van der Waals surface area contributed by atoms with Gasteiger partial charge < -0.3 is 18.9 Å². The summed E-state index contributed by atoms with van der Waals surface area (Å²) in [7, 11) is 1.55. The summed E-state index contributed by atoms with van der Waals surface area (Å²) < 4.78 is 15.8. The number of aromatic nitrogens is 2. The van der Waals surface area contributed by atoms with Crippen molar-refractivity contribution in [1.29, 1.82) is 0 Å². The molecule has 1 saturated carbocycles. The van der Waals surface area contributed by atoms with E-state index in [2.05, 4.69) is 10.1 Å². The molecule has 0 saturated heterocycles. The lowest BCUT2D eigenvalue weighted by atomic mass is 10.0. The van der Waals surface area contributed by atoms with Gasteiger partial charge in [-0.15, -0.1) is 0 Å². The largest absolute Gasteiger partial charge is 0.465 e. The first kappa shape index (κ1) is 21.0. The van der Waals surface area contributed by atoms with Crippen LogP contribution in [0.5, 0.6) is 0 Å². The number of carbonyl (C=O) groups is 2. The standard InChI is InChI=1S/C23H25N3O5/c1-3-30-19(27)14-26(11-12-29-2)23(28)17-13-18(15-9-10-15)24-22-20(17)21(25-31-22)16-7-5-4-6-8-16/h4-8,13,15H,3,9-12,14H2,1-2H3. The summed E-state index contributed by atoms with van der Waals surface area (Å²) in [6, 6.07) is 11.3. The molecule has 31 heavy (non-hydrogen) atoms. The van der Waals surface area contributed by atoms with Crippen molar-refractivity contribution in [3.63, 3.8) is 0 Å². The third-order valence-corrected chi connectivity index (χ3v) is 5.22. The number of hydrogen-bond acceptors (Lipinski definition) is 7. The number of esters is 1. The molecule has 0 atom stereocenters. The van der Waals surface area contributed by atoms with Crippen molar-refractivity contribution in [3.8, 4) is 11.3 Å². The minimum atomic E-state index is -0.465. The lowest BCUT2D eigenvalue weighted by Gasteiger charge is -2.22. The van der Waals surface area contributed by atoms with Crippen molar-refractivity contribution in [2.45, 2.75) is 25.7 Å². The maximum atomic E-state index is 13.6. The zero-order valence-corrected chi connectivity index (χ0v) is 17.7. The SMILES string of the molecule is CCOC(=O)CN(CCOC)C(=O)c1cc(C2CC2)nc2onc(-c3ccccc3)c12. The summed E-state index contributed by atoms with van der Waals surface area (Å²) in [6.45, 7) is 2.37. The Hall–Kier alpha value is -3.26. The van der Waals surface area contributed by atoms with Crippen LogP contribution in [0.15, 0.2) is 40.9 Å². The van der Waals surface area contributed by atoms with Gasteiger partial charge in [0.25, 0.3) is 11.6 Å². The summed E-state index contributed by atoms with van der Waals surface area (Å²) in [5, 5.41) is 4.76. The van der Waals surface area contributed by atoms with Crippen molar-refractivity contribution < 1.29 is 23.6 Å². The van der Waals surface area contributed by atoms with E-state index in [1.165, 1.54) is 4.90 Å². The second-order valence-corrected chi connectivity index (χ2v) is 7.47. The molecular formula is C23H25N3O5. The van der Waals surface area contributed by atoms with Gasteiger partial charge in [0.05, 0.1) is 24.2 Å². The maximum absolute atomic E-state index is 13.6. The fourth-order valence-corrected chi connectivity index (χ4v) is 3.51. The number of fused-ring (bicyclic) bond motifs is 1. The quantitative estimate of drug-likeness (QED) is 0.487. The van der Waals surface area contributed by atoms with Crippen molar-refractivity contribution in [3.05, 3.63) is 47.7 Å². The number of methoxy groups -OCH3 is 1. The number of hydrogen-bond donors (Lipinski definition) is 0. The van der Waals surface area contributed by atoms with Crippen LogP contribution in [0.25, 0.3) is 22.4 Å². The van der Waals surface area contributed by atoms with E-state index < -0.39 is 5.97 Å². The van der Waals surface area contributed by atoms with E-state index in [-0.39, 0.29) is 25.6 Å². The molecule has 1 aromatic carbocycles. The molecule has 0 spiro atoms. The Morgan fingerprint density at radius 1 is 1.23 bits per heavy atom. The average Bonchev–Trinajstić information content (AvgIpc) is 3.55. The summed E-state index contributed by atoms with van der Waals surface area (Å²) in [4.78, 5) is 31.8. The third-order valence-electron chi connectivity index (χ3n) is 5.22. The Morgan fingerprint density at radius 2 is 2.00 bits per heavy atom. The number of benzene rings is 1. The van der Waals surface area contributed by atoms with Gasteiger partial charge in [-0.3, -0.25) is 9.59 Å². The summed E-state index contributed by atoms with van der Waals surface area (Å²) in [5.74, 6) is -0.452. The lowest BCUT2D eigenvalue weighted by Crippen LogP contribution is -2.39. The van der Waals surface area contributed by atoms with Gasteiger partial charge >= 0.3 is 5.97 Å². The first-order valence-electron chi connectivity index (χ1n) is 10.4. The zero-order valence-electron chi connectivity index (χ0n) is 17.7. The van der Waals surface area contributed by atoms with Gasteiger partial charge in [0.1, 0.15) is 12.2 Å². The number of nitrogens with zero attached hydrogens (tertiary/aromatic N) is 3. The Morgan fingerprint density at radius 3 is 2.68 bits per heavy atom. The number of carbonyl (C=O) groups excluding carboxylic acids is 2. The van der Waals surface area contributed by atoms with E-state index >= 15 is 0 Å². The molecule has 162 valence electrons. The molecule has 8 heteroatoms. The fraction of sp³-hybridized carbons (Fsp3) is 0.391. The Bertz CT molecular complexity index is 1080. The Kier molecular flexibility index (Phi) is 6.27. The molecule has 0 radical (unpaired) electrons. The highest BCUT2D eigenvalue weighted by Gasteiger charge is 2.31. The highest BCUT2D eigenvalue weighted by molar-refractivity contribution is 6.10. The van der Waals surface area contributed by atoms with E-state index in [4.69, 9.17) is 14.0 Å². The molecule has 0 bridgehead atoms. The van der Waals surface area contributed by atoms with E-state index in [9.17, 15) is 9.59 Å². The minimum Gasteiger partial charge on any atom is -0.465 e. The highest BCUT2D eigenvalue weighted by atomic mass is 16.5. The van der Waals surface area contributed by atoms with Gasteiger partial charge in [-0.25, -0.2) is 4.98 Å². The zero-order chi connectivity index (χ0) is 21.8. The fourth-order valence-electron chi connectivity index (χ4n) is 3.51. The Balaban J connectivity index is 1.80. The molecule has 0 unspecified atom stereocenters. The lowest BCUT2D eigenvalue weighted by molar-refractivity contribution is -0.143. The van der Waals surface area contributed by atoms with E-state index in [1.807, 2.05) is 36.4 Å². The van der Waals surface area contributed by atoms with Crippen LogP contribution >= 0.6 is 0 Å². The van der Waals surface area contributed by atoms with Crippen molar-refractivity contribution in [2.75, 3.05) is 33.4 Å². The minimum absolute atomic E-state index is 0.162. The molecule has 1 aliphatic rings. The van der Waals surface area contributed by atoms with Crippen LogP contribution in [-0.2, 0) is 14.3 Å². The molecule has 0 N–H and O–H groups in total. The molecule has 3 aromatic rings. The summed E-state index contributed by atoms with van der Waals surface area (Å²) >= 11 is 0. The second-order valence-electron chi connectivity index (χ2n) is 7.47. The van der Waals surface area contributed by atoms with Crippen LogP contribution in [0.4, 0.5) is 0 Å². The topological polar surface area (TPSA) is 94.8 Å². The van der Waals surface area contributed by atoms with Gasteiger partial charge in [0.15, 0.2) is 0 Å². The normalized spacial score (nSPS) is 13.4. The van der Waals surface area contributed by atoms with E-state index in [0.717, 1.165) is 24.1 Å². The maximum Gasteiger partial charge on any atom is 0.325 e. The van der Waals surface area contributed by atoms with Crippen LogP contribution in [-0.4, -0.2) is 60.3 Å². The molecule has 1 fully saturated rings. The second kappa shape index (κ2) is 9.26. The number of amides is 1. The van der Waals surface area contributed by atoms with E-state index in [1.54, 1.807) is 14.0 Å². The summed E-state index contributed by atoms with van der Waals surface area (Å²) in [6.07, 6.45) is 2.06. The van der Waals surface area contributed by atoms with Gasteiger partial charge in [0.2, 0.25) is 0 Å². The first-order valence-corrected chi connectivity index (χ1v) is 10.4.